The highest BCUT2D eigenvalue weighted by atomic mass is 19.4. The third-order valence-corrected chi connectivity index (χ3v) is 2.87. The predicted octanol–water partition coefficient (Wildman–Crippen LogP) is 4.11. The first kappa shape index (κ1) is 14.5. The molecule has 0 unspecified atom stereocenters. The van der Waals surface area contributed by atoms with Crippen molar-refractivity contribution in [1.29, 1.82) is 0 Å². The second-order valence-corrected chi connectivity index (χ2v) is 4.20. The number of halogens is 5. The van der Waals surface area contributed by atoms with Gasteiger partial charge in [0.2, 0.25) is 0 Å². The Morgan fingerprint density at radius 2 is 1.65 bits per heavy atom. The first-order valence-electron chi connectivity index (χ1n) is 5.68. The van der Waals surface area contributed by atoms with Crippen LogP contribution in [-0.4, -0.2) is 0 Å². The quantitative estimate of drug-likeness (QED) is 0.826. The first-order valence-corrected chi connectivity index (χ1v) is 5.68. The Labute approximate surface area is 111 Å². The van der Waals surface area contributed by atoms with E-state index in [1.807, 2.05) is 0 Å². The molecule has 20 heavy (non-hydrogen) atoms. The van der Waals surface area contributed by atoms with Gasteiger partial charge in [-0.25, -0.2) is 8.78 Å². The number of benzene rings is 2. The summed E-state index contributed by atoms with van der Waals surface area (Å²) in [5, 5.41) is 0. The molecule has 0 aliphatic rings. The van der Waals surface area contributed by atoms with E-state index in [0.717, 1.165) is 24.3 Å². The van der Waals surface area contributed by atoms with Crippen molar-refractivity contribution in [3.05, 3.63) is 59.2 Å². The molecule has 0 bridgehead atoms. The van der Waals surface area contributed by atoms with E-state index in [2.05, 4.69) is 0 Å². The van der Waals surface area contributed by atoms with Crippen LogP contribution < -0.4 is 5.73 Å². The van der Waals surface area contributed by atoms with Crippen LogP contribution >= 0.6 is 0 Å². The standard InChI is InChI=1S/C14H10F5N/c15-10-3-4-13(16)11(6-10)8-1-2-9(7-20)12(5-8)14(17,18)19/h1-6H,7,20H2. The molecule has 1 nitrogen and oxygen atoms in total. The van der Waals surface area contributed by atoms with Gasteiger partial charge < -0.3 is 5.73 Å². The summed E-state index contributed by atoms with van der Waals surface area (Å²) in [6.07, 6.45) is -4.60. The second kappa shape index (κ2) is 5.20. The highest BCUT2D eigenvalue weighted by molar-refractivity contribution is 5.66. The molecule has 0 aliphatic carbocycles. The Morgan fingerprint density at radius 3 is 2.25 bits per heavy atom. The van der Waals surface area contributed by atoms with E-state index in [4.69, 9.17) is 5.73 Å². The summed E-state index contributed by atoms with van der Waals surface area (Å²) in [5.41, 5.74) is 3.94. The third kappa shape index (κ3) is 2.80. The molecule has 106 valence electrons. The Balaban J connectivity index is 2.62. The molecule has 6 heteroatoms. The summed E-state index contributed by atoms with van der Waals surface area (Å²) in [5.74, 6) is -1.52. The molecule has 2 N–H and O–H groups in total. The van der Waals surface area contributed by atoms with E-state index in [-0.39, 0.29) is 23.2 Å². The molecule has 2 rings (SSSR count). The van der Waals surface area contributed by atoms with E-state index in [9.17, 15) is 22.0 Å². The molecule has 2 aromatic rings. The molecule has 2 aromatic carbocycles. The minimum Gasteiger partial charge on any atom is -0.326 e. The molecular formula is C14H10F5N. The Morgan fingerprint density at radius 1 is 0.950 bits per heavy atom. The van der Waals surface area contributed by atoms with Crippen molar-refractivity contribution >= 4 is 0 Å². The molecule has 0 aromatic heterocycles. The summed E-state index contributed by atoms with van der Waals surface area (Å²) in [7, 11) is 0. The average Bonchev–Trinajstić information content (AvgIpc) is 2.40. The molecule has 0 fully saturated rings. The average molecular weight is 287 g/mol. The van der Waals surface area contributed by atoms with Crippen LogP contribution in [-0.2, 0) is 12.7 Å². The van der Waals surface area contributed by atoms with Crippen LogP contribution in [0.5, 0.6) is 0 Å². The van der Waals surface area contributed by atoms with Crippen molar-refractivity contribution in [2.75, 3.05) is 0 Å². The fraction of sp³-hybridized carbons (Fsp3) is 0.143. The lowest BCUT2D eigenvalue weighted by Gasteiger charge is -2.14. The molecule has 0 aliphatic heterocycles. The van der Waals surface area contributed by atoms with Gasteiger partial charge in [0.05, 0.1) is 5.56 Å². The zero-order chi connectivity index (χ0) is 14.9. The van der Waals surface area contributed by atoms with Crippen molar-refractivity contribution < 1.29 is 22.0 Å². The van der Waals surface area contributed by atoms with Crippen molar-refractivity contribution in [2.24, 2.45) is 5.73 Å². The van der Waals surface area contributed by atoms with Gasteiger partial charge in [0.25, 0.3) is 0 Å². The van der Waals surface area contributed by atoms with Gasteiger partial charge in [-0.2, -0.15) is 13.2 Å². The number of nitrogens with two attached hydrogens (primary N) is 1. The Hall–Kier alpha value is -1.95. The van der Waals surface area contributed by atoms with Gasteiger partial charge in [0, 0.05) is 12.1 Å². The van der Waals surface area contributed by atoms with E-state index in [0.29, 0.717) is 0 Å². The molecule has 0 radical (unpaired) electrons. The highest BCUT2D eigenvalue weighted by Gasteiger charge is 2.33. The topological polar surface area (TPSA) is 26.0 Å². The van der Waals surface area contributed by atoms with Gasteiger partial charge in [-0.05, 0) is 35.4 Å². The van der Waals surface area contributed by atoms with Gasteiger partial charge >= 0.3 is 6.18 Å². The lowest BCUT2D eigenvalue weighted by atomic mass is 9.98. The molecule has 0 heterocycles. The maximum absolute atomic E-state index is 13.6. The van der Waals surface area contributed by atoms with Crippen LogP contribution in [0.25, 0.3) is 11.1 Å². The molecule has 0 saturated carbocycles. The summed E-state index contributed by atoms with van der Waals surface area (Å²) in [6, 6.07) is 5.86. The van der Waals surface area contributed by atoms with Crippen molar-refractivity contribution in [3.63, 3.8) is 0 Å². The van der Waals surface area contributed by atoms with Crippen LogP contribution in [0.3, 0.4) is 0 Å². The Bertz CT molecular complexity index is 634. The van der Waals surface area contributed by atoms with Gasteiger partial charge in [-0.3, -0.25) is 0 Å². The second-order valence-electron chi connectivity index (χ2n) is 4.20. The van der Waals surface area contributed by atoms with Crippen molar-refractivity contribution in [1.82, 2.24) is 0 Å². The number of hydrogen-bond acceptors (Lipinski definition) is 1. The van der Waals surface area contributed by atoms with Crippen molar-refractivity contribution in [3.8, 4) is 11.1 Å². The molecular weight excluding hydrogens is 277 g/mol. The monoisotopic (exact) mass is 287 g/mol. The van der Waals surface area contributed by atoms with E-state index < -0.39 is 23.4 Å². The SMILES string of the molecule is NCc1ccc(-c2cc(F)ccc2F)cc1C(F)(F)F. The summed E-state index contributed by atoms with van der Waals surface area (Å²) >= 11 is 0. The number of rotatable bonds is 2. The maximum Gasteiger partial charge on any atom is 0.416 e. The largest absolute Gasteiger partial charge is 0.416 e. The third-order valence-electron chi connectivity index (χ3n) is 2.87. The first-order chi connectivity index (χ1) is 9.32. The fourth-order valence-corrected chi connectivity index (χ4v) is 1.90. The fourth-order valence-electron chi connectivity index (χ4n) is 1.90. The van der Waals surface area contributed by atoms with Crippen LogP contribution in [0.15, 0.2) is 36.4 Å². The van der Waals surface area contributed by atoms with E-state index in [1.54, 1.807) is 0 Å². The zero-order valence-electron chi connectivity index (χ0n) is 10.1. The Kier molecular flexibility index (Phi) is 3.76. The number of alkyl halides is 3. The minimum absolute atomic E-state index is 0.0495. The molecule has 0 atom stereocenters. The van der Waals surface area contributed by atoms with Gasteiger partial charge in [0.1, 0.15) is 11.6 Å². The van der Waals surface area contributed by atoms with E-state index in [1.165, 1.54) is 12.1 Å². The van der Waals surface area contributed by atoms with Gasteiger partial charge in [-0.15, -0.1) is 0 Å². The lowest BCUT2D eigenvalue weighted by Crippen LogP contribution is -2.12. The molecule has 0 saturated heterocycles. The van der Waals surface area contributed by atoms with Gasteiger partial charge in [0.15, 0.2) is 0 Å². The van der Waals surface area contributed by atoms with Gasteiger partial charge in [-0.1, -0.05) is 12.1 Å². The molecule has 0 amide bonds. The maximum atomic E-state index is 13.6. The van der Waals surface area contributed by atoms with Crippen molar-refractivity contribution in [2.45, 2.75) is 12.7 Å². The summed E-state index contributed by atoms with van der Waals surface area (Å²) < 4.78 is 65.4. The summed E-state index contributed by atoms with van der Waals surface area (Å²) in [4.78, 5) is 0. The van der Waals surface area contributed by atoms with E-state index >= 15 is 0 Å². The normalized spacial score (nSPS) is 11.7. The van der Waals surface area contributed by atoms with Crippen LogP contribution in [0.2, 0.25) is 0 Å². The van der Waals surface area contributed by atoms with Crippen LogP contribution in [0.1, 0.15) is 11.1 Å². The highest BCUT2D eigenvalue weighted by Crippen LogP contribution is 2.35. The minimum atomic E-state index is -4.60. The summed E-state index contributed by atoms with van der Waals surface area (Å²) in [6.45, 7) is -0.291. The number of hydrogen-bond donors (Lipinski definition) is 1. The molecule has 0 spiro atoms. The van der Waals surface area contributed by atoms with Crippen LogP contribution in [0.4, 0.5) is 22.0 Å². The smallest absolute Gasteiger partial charge is 0.326 e. The van der Waals surface area contributed by atoms with Crippen LogP contribution in [0, 0.1) is 11.6 Å². The predicted molar refractivity (Wildman–Crippen MR) is 64.7 cm³/mol. The zero-order valence-corrected chi connectivity index (χ0v) is 10.1. The lowest BCUT2D eigenvalue weighted by molar-refractivity contribution is -0.138.